The van der Waals surface area contributed by atoms with Crippen LogP contribution >= 0.6 is 0 Å². The zero-order chi connectivity index (χ0) is 19.7. The molecule has 0 saturated carbocycles. The van der Waals surface area contributed by atoms with Gasteiger partial charge in [0, 0.05) is 47.7 Å². The molecule has 1 saturated heterocycles. The number of hydrogen-bond acceptors (Lipinski definition) is 6. The maximum Gasteiger partial charge on any atom is 0.278 e. The van der Waals surface area contributed by atoms with E-state index in [1.165, 1.54) is 0 Å². The highest BCUT2D eigenvalue weighted by atomic mass is 16.6. The van der Waals surface area contributed by atoms with Gasteiger partial charge in [-0.3, -0.25) is 15.1 Å². The highest BCUT2D eigenvalue weighted by molar-refractivity contribution is 5.99. The number of methoxy groups -OCH3 is 2. The van der Waals surface area contributed by atoms with Crippen LogP contribution in [0.5, 0.6) is 11.5 Å². The monoisotopic (exact) mass is 379 g/mol. The molecule has 0 N–H and O–H groups in total. The summed E-state index contributed by atoms with van der Waals surface area (Å²) in [6, 6.07) is 11.2. The Morgan fingerprint density at radius 1 is 1.14 bits per heavy atom. The van der Waals surface area contributed by atoms with Gasteiger partial charge in [0.1, 0.15) is 11.5 Å². The van der Waals surface area contributed by atoms with Crippen molar-refractivity contribution < 1.29 is 14.4 Å². The minimum atomic E-state index is -0.359. The Kier molecular flexibility index (Phi) is 4.73. The van der Waals surface area contributed by atoms with Crippen molar-refractivity contribution in [1.29, 1.82) is 0 Å². The third-order valence-electron chi connectivity index (χ3n) is 5.33. The molecule has 144 valence electrons. The van der Waals surface area contributed by atoms with Crippen molar-refractivity contribution in [1.82, 2.24) is 4.98 Å². The van der Waals surface area contributed by atoms with E-state index in [-0.39, 0.29) is 16.7 Å². The van der Waals surface area contributed by atoms with Gasteiger partial charge < -0.3 is 14.4 Å². The number of ether oxygens (including phenoxy) is 2. The summed E-state index contributed by atoms with van der Waals surface area (Å²) in [4.78, 5) is 17.4. The lowest BCUT2D eigenvalue weighted by Gasteiger charge is -2.29. The molecule has 0 amide bonds. The second kappa shape index (κ2) is 7.34. The van der Waals surface area contributed by atoms with Gasteiger partial charge in [0.15, 0.2) is 0 Å². The number of anilines is 1. The highest BCUT2D eigenvalue weighted by Gasteiger charge is 2.30. The van der Waals surface area contributed by atoms with Crippen LogP contribution in [0.1, 0.15) is 24.4 Å². The van der Waals surface area contributed by atoms with E-state index in [4.69, 9.17) is 9.47 Å². The first kappa shape index (κ1) is 18.0. The van der Waals surface area contributed by atoms with E-state index in [0.717, 1.165) is 47.5 Å². The van der Waals surface area contributed by atoms with Crippen molar-refractivity contribution in [3.05, 3.63) is 64.5 Å². The predicted molar refractivity (Wildman–Crippen MR) is 107 cm³/mol. The Bertz CT molecular complexity index is 1040. The fourth-order valence-corrected chi connectivity index (χ4v) is 4.04. The van der Waals surface area contributed by atoms with Crippen molar-refractivity contribution in [2.75, 3.05) is 25.7 Å². The van der Waals surface area contributed by atoms with Crippen molar-refractivity contribution >= 4 is 22.1 Å². The molecular formula is C21H21N3O4. The molecule has 0 radical (unpaired) electrons. The number of benzene rings is 2. The summed E-state index contributed by atoms with van der Waals surface area (Å²) in [7, 11) is 3.29. The predicted octanol–water partition coefficient (Wildman–Crippen LogP) is 4.50. The van der Waals surface area contributed by atoms with Crippen LogP contribution in [0.4, 0.5) is 11.4 Å². The SMILES string of the molecule is COc1ccc(C2CCCN2c2ccc([N+](=O)[O-])c3cnccc23)c(OC)c1. The van der Waals surface area contributed by atoms with Crippen molar-refractivity contribution in [3.63, 3.8) is 0 Å². The van der Waals surface area contributed by atoms with Crippen LogP contribution in [0, 0.1) is 10.1 Å². The molecule has 0 bridgehead atoms. The Morgan fingerprint density at radius 2 is 2.00 bits per heavy atom. The number of nitro benzene ring substituents is 1. The standard InChI is InChI=1S/C21H21N3O4/c1-27-14-5-6-16(21(12-14)28-2)18-4-3-11-23(18)19-7-8-20(24(25)26)17-13-22-10-9-15(17)19/h5-10,12-13,18H,3-4,11H2,1-2H3. The molecule has 2 aromatic carbocycles. The minimum absolute atomic E-state index is 0.0737. The summed E-state index contributed by atoms with van der Waals surface area (Å²) in [6.07, 6.45) is 5.25. The molecule has 1 unspecified atom stereocenters. The summed E-state index contributed by atoms with van der Waals surface area (Å²) in [5, 5.41) is 12.8. The molecule has 0 spiro atoms. The molecule has 1 fully saturated rings. The Morgan fingerprint density at radius 3 is 2.75 bits per heavy atom. The number of aromatic nitrogens is 1. The lowest BCUT2D eigenvalue weighted by Crippen LogP contribution is -2.23. The normalized spacial score (nSPS) is 16.4. The van der Waals surface area contributed by atoms with Gasteiger partial charge >= 0.3 is 0 Å². The zero-order valence-corrected chi connectivity index (χ0v) is 15.8. The fourth-order valence-electron chi connectivity index (χ4n) is 4.04. The maximum absolute atomic E-state index is 11.4. The molecule has 4 rings (SSSR count). The summed E-state index contributed by atoms with van der Waals surface area (Å²) >= 11 is 0. The largest absolute Gasteiger partial charge is 0.497 e. The van der Waals surface area contributed by atoms with Crippen LogP contribution in [-0.4, -0.2) is 30.7 Å². The minimum Gasteiger partial charge on any atom is -0.497 e. The van der Waals surface area contributed by atoms with Crippen molar-refractivity contribution in [2.24, 2.45) is 0 Å². The molecule has 3 aromatic rings. The van der Waals surface area contributed by atoms with Gasteiger partial charge in [-0.15, -0.1) is 0 Å². The van der Waals surface area contributed by atoms with Gasteiger partial charge in [-0.2, -0.15) is 0 Å². The van der Waals surface area contributed by atoms with Gasteiger partial charge in [0.2, 0.25) is 0 Å². The lowest BCUT2D eigenvalue weighted by atomic mass is 10.0. The second-order valence-corrected chi connectivity index (χ2v) is 6.74. The summed E-state index contributed by atoms with van der Waals surface area (Å²) in [5.41, 5.74) is 2.13. The van der Waals surface area contributed by atoms with E-state index >= 15 is 0 Å². The molecular weight excluding hydrogens is 358 g/mol. The number of nitrogens with zero attached hydrogens (tertiary/aromatic N) is 3. The summed E-state index contributed by atoms with van der Waals surface area (Å²) in [6.45, 7) is 0.870. The first-order chi connectivity index (χ1) is 13.6. The first-order valence-electron chi connectivity index (χ1n) is 9.13. The van der Waals surface area contributed by atoms with Gasteiger partial charge in [-0.05, 0) is 37.1 Å². The fraction of sp³-hybridized carbons (Fsp3) is 0.286. The number of pyridine rings is 1. The van der Waals surface area contributed by atoms with Gasteiger partial charge in [-0.1, -0.05) is 0 Å². The molecule has 28 heavy (non-hydrogen) atoms. The van der Waals surface area contributed by atoms with Crippen molar-refractivity contribution in [2.45, 2.75) is 18.9 Å². The van der Waals surface area contributed by atoms with Crippen LogP contribution in [0.15, 0.2) is 48.8 Å². The number of non-ortho nitro benzene ring substituents is 1. The number of nitro groups is 1. The maximum atomic E-state index is 11.4. The van der Waals surface area contributed by atoms with E-state index in [1.54, 1.807) is 32.7 Å². The van der Waals surface area contributed by atoms with Crippen molar-refractivity contribution in [3.8, 4) is 11.5 Å². The molecule has 7 nitrogen and oxygen atoms in total. The second-order valence-electron chi connectivity index (χ2n) is 6.74. The van der Waals surface area contributed by atoms with Gasteiger partial charge in [0.25, 0.3) is 5.69 Å². The molecule has 1 aromatic heterocycles. The van der Waals surface area contributed by atoms with Crippen LogP contribution < -0.4 is 14.4 Å². The van der Waals surface area contributed by atoms with Gasteiger partial charge in [-0.25, -0.2) is 0 Å². The summed E-state index contributed by atoms with van der Waals surface area (Å²) < 4.78 is 10.9. The highest BCUT2D eigenvalue weighted by Crippen LogP contribution is 2.44. The molecule has 0 aliphatic carbocycles. The van der Waals surface area contributed by atoms with E-state index < -0.39 is 0 Å². The third-order valence-corrected chi connectivity index (χ3v) is 5.33. The molecule has 1 aliphatic heterocycles. The number of fused-ring (bicyclic) bond motifs is 1. The first-order valence-corrected chi connectivity index (χ1v) is 9.13. The lowest BCUT2D eigenvalue weighted by molar-refractivity contribution is -0.383. The molecule has 2 heterocycles. The molecule has 1 atom stereocenters. The zero-order valence-electron chi connectivity index (χ0n) is 15.8. The Labute approximate surface area is 162 Å². The van der Waals surface area contributed by atoms with E-state index in [2.05, 4.69) is 9.88 Å². The Balaban J connectivity index is 1.82. The Hall–Kier alpha value is -3.35. The van der Waals surface area contributed by atoms with Gasteiger partial charge in [0.05, 0.1) is 30.6 Å². The van der Waals surface area contributed by atoms with E-state index in [9.17, 15) is 10.1 Å². The topological polar surface area (TPSA) is 77.7 Å². The van der Waals surface area contributed by atoms with E-state index in [1.807, 2.05) is 30.3 Å². The third kappa shape index (κ3) is 2.98. The van der Waals surface area contributed by atoms with Crippen LogP contribution in [0.25, 0.3) is 10.8 Å². The average Bonchev–Trinajstić information content (AvgIpc) is 3.21. The number of hydrogen-bond donors (Lipinski definition) is 0. The van der Waals surface area contributed by atoms with Crippen LogP contribution in [0.2, 0.25) is 0 Å². The molecule has 7 heteroatoms. The van der Waals surface area contributed by atoms with E-state index in [0.29, 0.717) is 5.39 Å². The van der Waals surface area contributed by atoms with Crippen LogP contribution in [0.3, 0.4) is 0 Å². The smallest absolute Gasteiger partial charge is 0.278 e. The summed E-state index contributed by atoms with van der Waals surface area (Å²) in [5.74, 6) is 1.53. The molecule has 1 aliphatic rings. The average molecular weight is 379 g/mol. The number of rotatable bonds is 5. The quantitative estimate of drug-likeness (QED) is 0.480. The van der Waals surface area contributed by atoms with Crippen LogP contribution in [-0.2, 0) is 0 Å².